The van der Waals surface area contributed by atoms with Crippen LogP contribution in [0.2, 0.25) is 0 Å². The molecule has 8 nitrogen and oxygen atoms in total. The number of carbonyl (C=O) groups excluding carboxylic acids is 3. The number of carbonyl (C=O) groups is 3. The Kier molecular flexibility index (Phi) is 7.29. The molecule has 3 N–H and O–H groups in total. The molecule has 154 valence electrons. The molecule has 2 aromatic rings. The summed E-state index contributed by atoms with van der Waals surface area (Å²) in [6.45, 7) is 3.12. The second kappa shape index (κ2) is 9.48. The largest absolute Gasteiger partial charge is 0.465 e. The monoisotopic (exact) mass is 434 g/mol. The Morgan fingerprint density at radius 3 is 2.28 bits per heavy atom. The van der Waals surface area contributed by atoms with Crippen molar-refractivity contribution < 1.29 is 19.1 Å². The smallest absolute Gasteiger partial charge is 0.341 e. The topological polar surface area (TPSA) is 99.8 Å². The van der Waals surface area contributed by atoms with Crippen molar-refractivity contribution in [1.82, 2.24) is 4.90 Å². The molecule has 1 heterocycles. The normalized spacial score (nSPS) is 10.1. The number of hydrogen-bond donors (Lipinski definition) is 3. The third-order valence-electron chi connectivity index (χ3n) is 3.80. The van der Waals surface area contributed by atoms with E-state index in [1.54, 1.807) is 45.3 Å². The lowest BCUT2D eigenvalue weighted by Crippen LogP contribution is -2.21. The number of benzene rings is 1. The first-order valence-electron chi connectivity index (χ1n) is 8.53. The van der Waals surface area contributed by atoms with Gasteiger partial charge in [0.2, 0.25) is 5.91 Å². The zero-order chi connectivity index (χ0) is 21.7. The summed E-state index contributed by atoms with van der Waals surface area (Å²) in [4.78, 5) is 37.8. The van der Waals surface area contributed by atoms with E-state index in [2.05, 4.69) is 16.0 Å². The van der Waals surface area contributed by atoms with Gasteiger partial charge in [-0.15, -0.1) is 11.3 Å². The van der Waals surface area contributed by atoms with Gasteiger partial charge in [0.15, 0.2) is 5.11 Å². The molecule has 0 aliphatic rings. The molecule has 0 spiro atoms. The van der Waals surface area contributed by atoms with Crippen LogP contribution in [0.1, 0.15) is 32.5 Å². The van der Waals surface area contributed by atoms with Gasteiger partial charge in [-0.3, -0.25) is 9.59 Å². The number of ether oxygens (including phenoxy) is 1. The van der Waals surface area contributed by atoms with Crippen LogP contribution in [0, 0.1) is 6.92 Å². The molecule has 1 aromatic heterocycles. The Morgan fingerprint density at radius 2 is 1.72 bits per heavy atom. The summed E-state index contributed by atoms with van der Waals surface area (Å²) in [6.07, 6.45) is 0. The minimum absolute atomic E-state index is 0.183. The van der Waals surface area contributed by atoms with Crippen LogP contribution in [-0.4, -0.2) is 49.0 Å². The first-order chi connectivity index (χ1) is 13.6. The summed E-state index contributed by atoms with van der Waals surface area (Å²) in [6, 6.07) is 7.01. The van der Waals surface area contributed by atoms with Gasteiger partial charge in [-0.1, -0.05) is 6.07 Å². The lowest BCUT2D eigenvalue weighted by molar-refractivity contribution is -0.114. The Labute approximate surface area is 178 Å². The van der Waals surface area contributed by atoms with Crippen molar-refractivity contribution in [3.63, 3.8) is 0 Å². The van der Waals surface area contributed by atoms with Crippen molar-refractivity contribution >= 4 is 62.8 Å². The van der Waals surface area contributed by atoms with E-state index in [1.807, 2.05) is 0 Å². The highest BCUT2D eigenvalue weighted by Gasteiger charge is 2.26. The van der Waals surface area contributed by atoms with E-state index in [1.165, 1.54) is 18.9 Å². The first kappa shape index (κ1) is 22.3. The third kappa shape index (κ3) is 5.52. The molecule has 0 aliphatic carbocycles. The number of hydrogen-bond acceptors (Lipinski definition) is 6. The predicted octanol–water partition coefficient (Wildman–Crippen LogP) is 3.31. The molecule has 10 heteroatoms. The van der Waals surface area contributed by atoms with Crippen LogP contribution >= 0.6 is 23.6 Å². The molecule has 0 atom stereocenters. The van der Waals surface area contributed by atoms with Gasteiger partial charge in [-0.05, 0) is 42.9 Å². The molecular weight excluding hydrogens is 412 g/mol. The SMILES string of the molecule is COC(=O)c1c(NC(=S)Nc2cccc(NC(C)=O)c2)sc(C(=O)N(C)C)c1C. The lowest BCUT2D eigenvalue weighted by Gasteiger charge is -2.12. The molecule has 0 radical (unpaired) electrons. The highest BCUT2D eigenvalue weighted by molar-refractivity contribution is 7.80. The summed E-state index contributed by atoms with van der Waals surface area (Å²) in [5.74, 6) is -0.958. The van der Waals surface area contributed by atoms with Crippen LogP contribution in [0.15, 0.2) is 24.3 Å². The Morgan fingerprint density at radius 1 is 1.10 bits per heavy atom. The number of esters is 1. The van der Waals surface area contributed by atoms with Crippen LogP contribution in [0.25, 0.3) is 0 Å². The van der Waals surface area contributed by atoms with Crippen LogP contribution in [-0.2, 0) is 9.53 Å². The minimum Gasteiger partial charge on any atom is -0.465 e. The average Bonchev–Trinajstić information content (AvgIpc) is 2.95. The molecule has 0 saturated carbocycles. The maximum absolute atomic E-state index is 12.4. The Bertz CT molecular complexity index is 969. The number of amides is 2. The Balaban J connectivity index is 2.27. The molecule has 2 rings (SSSR count). The number of methoxy groups -OCH3 is 1. The summed E-state index contributed by atoms with van der Waals surface area (Å²) >= 11 is 6.48. The van der Waals surface area contributed by atoms with Gasteiger partial charge in [0.1, 0.15) is 5.00 Å². The maximum Gasteiger partial charge on any atom is 0.341 e. The summed E-state index contributed by atoms with van der Waals surface area (Å²) in [7, 11) is 4.56. The minimum atomic E-state index is -0.561. The molecule has 0 bridgehead atoms. The van der Waals surface area contributed by atoms with Crippen molar-refractivity contribution in [3.8, 4) is 0 Å². The fourth-order valence-corrected chi connectivity index (χ4v) is 4.01. The second-order valence-corrected chi connectivity index (χ2v) is 7.72. The van der Waals surface area contributed by atoms with Crippen LogP contribution in [0.4, 0.5) is 16.4 Å². The number of nitrogens with zero attached hydrogens (tertiary/aromatic N) is 1. The van der Waals surface area contributed by atoms with Crippen LogP contribution < -0.4 is 16.0 Å². The molecule has 0 aliphatic heterocycles. The van der Waals surface area contributed by atoms with Crippen molar-refractivity contribution in [3.05, 3.63) is 40.3 Å². The molecule has 1 aromatic carbocycles. The van der Waals surface area contributed by atoms with E-state index in [-0.39, 0.29) is 22.5 Å². The van der Waals surface area contributed by atoms with Gasteiger partial charge in [-0.25, -0.2) is 4.79 Å². The maximum atomic E-state index is 12.4. The van der Waals surface area contributed by atoms with E-state index in [0.29, 0.717) is 26.8 Å². The zero-order valence-corrected chi connectivity index (χ0v) is 18.3. The van der Waals surface area contributed by atoms with E-state index in [9.17, 15) is 14.4 Å². The van der Waals surface area contributed by atoms with Gasteiger partial charge in [0, 0.05) is 32.4 Å². The van der Waals surface area contributed by atoms with Crippen molar-refractivity contribution in [1.29, 1.82) is 0 Å². The van der Waals surface area contributed by atoms with Crippen molar-refractivity contribution in [2.24, 2.45) is 0 Å². The highest BCUT2D eigenvalue weighted by Crippen LogP contribution is 2.34. The molecule has 2 amide bonds. The zero-order valence-electron chi connectivity index (χ0n) is 16.7. The quantitative estimate of drug-likeness (QED) is 0.490. The number of thiophene rings is 1. The highest BCUT2D eigenvalue weighted by atomic mass is 32.1. The predicted molar refractivity (Wildman–Crippen MR) is 119 cm³/mol. The van der Waals surface area contributed by atoms with E-state index < -0.39 is 5.97 Å². The fraction of sp³-hybridized carbons (Fsp3) is 0.263. The number of thiocarbonyl (C=S) groups is 1. The van der Waals surface area contributed by atoms with Crippen molar-refractivity contribution in [2.75, 3.05) is 37.2 Å². The van der Waals surface area contributed by atoms with Gasteiger partial charge in [0.05, 0.1) is 17.6 Å². The standard InChI is InChI=1S/C19H22N4O4S2/c1-10-14(18(26)27-5)16(29-15(10)17(25)23(3)4)22-19(28)21-13-8-6-7-12(9-13)20-11(2)24/h6-9H,1-5H3,(H,20,24)(H2,21,22,28). The van der Waals surface area contributed by atoms with Gasteiger partial charge in [0.25, 0.3) is 5.91 Å². The fourth-order valence-electron chi connectivity index (χ4n) is 2.50. The number of anilines is 3. The summed E-state index contributed by atoms with van der Waals surface area (Å²) < 4.78 is 4.86. The molecule has 0 saturated heterocycles. The third-order valence-corrected chi connectivity index (χ3v) is 5.20. The van der Waals surface area contributed by atoms with Gasteiger partial charge >= 0.3 is 5.97 Å². The van der Waals surface area contributed by atoms with E-state index in [0.717, 1.165) is 11.3 Å². The van der Waals surface area contributed by atoms with Crippen LogP contribution in [0.3, 0.4) is 0 Å². The van der Waals surface area contributed by atoms with Crippen molar-refractivity contribution in [2.45, 2.75) is 13.8 Å². The summed E-state index contributed by atoms with van der Waals surface area (Å²) in [5.41, 5.74) is 2.05. The molecule has 0 fully saturated rings. The molecular formula is C19H22N4O4S2. The average molecular weight is 435 g/mol. The first-order valence-corrected chi connectivity index (χ1v) is 9.75. The van der Waals surface area contributed by atoms with Crippen LogP contribution in [0.5, 0.6) is 0 Å². The second-order valence-electron chi connectivity index (χ2n) is 6.29. The molecule has 29 heavy (non-hydrogen) atoms. The molecule has 0 unspecified atom stereocenters. The lowest BCUT2D eigenvalue weighted by atomic mass is 10.1. The Hall–Kier alpha value is -2.98. The van der Waals surface area contributed by atoms with Gasteiger partial charge in [-0.2, -0.15) is 0 Å². The van der Waals surface area contributed by atoms with E-state index in [4.69, 9.17) is 17.0 Å². The van der Waals surface area contributed by atoms with Gasteiger partial charge < -0.3 is 25.6 Å². The van der Waals surface area contributed by atoms with E-state index >= 15 is 0 Å². The summed E-state index contributed by atoms with van der Waals surface area (Å²) in [5, 5.41) is 9.29. The number of rotatable bonds is 5. The number of nitrogens with one attached hydrogen (secondary N) is 3.